The molecule has 0 saturated heterocycles. The Balaban J connectivity index is 1.72. The van der Waals surface area contributed by atoms with E-state index in [9.17, 15) is 9.59 Å². The van der Waals surface area contributed by atoms with Crippen molar-refractivity contribution in [1.29, 1.82) is 0 Å². The van der Waals surface area contributed by atoms with Crippen LogP contribution in [0.4, 0.5) is 0 Å². The number of carbonyl (C=O) groups excluding carboxylic acids is 2. The fraction of sp³-hybridized carbons (Fsp3) is 0.500. The molecule has 0 fully saturated rings. The van der Waals surface area contributed by atoms with Gasteiger partial charge < -0.3 is 0 Å². The number of aryl methyl sites for hydroxylation is 4. The van der Waals surface area contributed by atoms with Crippen LogP contribution in [0.1, 0.15) is 45.2 Å². The zero-order valence-electron chi connectivity index (χ0n) is 14.0. The summed E-state index contributed by atoms with van der Waals surface area (Å²) >= 11 is 1.60. The zero-order chi connectivity index (χ0) is 17.0. The van der Waals surface area contributed by atoms with Gasteiger partial charge in [-0.2, -0.15) is 22.0 Å². The van der Waals surface area contributed by atoms with E-state index in [4.69, 9.17) is 0 Å². The molecule has 0 unspecified atom stereocenters. The van der Waals surface area contributed by atoms with Gasteiger partial charge in [0, 0.05) is 35.7 Å². The number of hydrogen-bond acceptors (Lipinski definition) is 5. The number of nitrogens with zero attached hydrogens (tertiary/aromatic N) is 4. The summed E-state index contributed by atoms with van der Waals surface area (Å²) in [6.45, 7) is 7.49. The van der Waals surface area contributed by atoms with Crippen molar-refractivity contribution in [3.05, 3.63) is 34.9 Å². The Morgan fingerprint density at radius 3 is 1.57 bits per heavy atom. The van der Waals surface area contributed by atoms with E-state index in [1.165, 1.54) is 9.36 Å². The summed E-state index contributed by atoms with van der Waals surface area (Å²) in [4.78, 5) is 24.1. The zero-order valence-corrected chi connectivity index (χ0v) is 14.8. The van der Waals surface area contributed by atoms with Gasteiger partial charge in [0.05, 0.1) is 11.4 Å². The summed E-state index contributed by atoms with van der Waals surface area (Å²) in [5.74, 6) is 1.35. The molecule has 2 heterocycles. The smallest absolute Gasteiger partial charge is 0.247 e. The van der Waals surface area contributed by atoms with Crippen LogP contribution in [-0.2, 0) is 0 Å². The Morgan fingerprint density at radius 2 is 1.26 bits per heavy atom. The maximum absolute atomic E-state index is 12.1. The van der Waals surface area contributed by atoms with Crippen molar-refractivity contribution in [1.82, 2.24) is 19.6 Å². The summed E-state index contributed by atoms with van der Waals surface area (Å²) in [6, 6.07) is 3.77. The van der Waals surface area contributed by atoms with Gasteiger partial charge in [-0.25, -0.2) is 9.36 Å². The van der Waals surface area contributed by atoms with E-state index in [1.807, 2.05) is 39.8 Å². The monoisotopic (exact) mass is 334 g/mol. The van der Waals surface area contributed by atoms with Gasteiger partial charge in [-0.3, -0.25) is 9.59 Å². The van der Waals surface area contributed by atoms with Crippen LogP contribution in [0.5, 0.6) is 0 Å². The van der Waals surface area contributed by atoms with Crippen molar-refractivity contribution in [3.8, 4) is 0 Å². The summed E-state index contributed by atoms with van der Waals surface area (Å²) in [5.41, 5.74) is 3.41. The minimum atomic E-state index is -0.00651. The highest BCUT2D eigenvalue weighted by atomic mass is 32.2. The highest BCUT2D eigenvalue weighted by Gasteiger charge is 2.12. The quantitative estimate of drug-likeness (QED) is 0.760. The molecule has 124 valence electrons. The average Bonchev–Trinajstić information content (AvgIpc) is 2.99. The minimum absolute atomic E-state index is 0.00651. The first-order chi connectivity index (χ1) is 10.9. The largest absolute Gasteiger partial charge is 0.273 e. The second-order valence-corrected chi connectivity index (χ2v) is 6.80. The van der Waals surface area contributed by atoms with Crippen LogP contribution in [0.15, 0.2) is 12.1 Å². The third-order valence-corrected chi connectivity index (χ3v) is 4.40. The second kappa shape index (κ2) is 7.59. The van der Waals surface area contributed by atoms with Crippen LogP contribution in [0.3, 0.4) is 0 Å². The Labute approximate surface area is 140 Å². The van der Waals surface area contributed by atoms with Gasteiger partial charge in [0.1, 0.15) is 0 Å². The fourth-order valence-corrected chi connectivity index (χ4v) is 3.24. The predicted molar refractivity (Wildman–Crippen MR) is 91.2 cm³/mol. The van der Waals surface area contributed by atoms with Gasteiger partial charge in [-0.1, -0.05) is 0 Å². The summed E-state index contributed by atoms with van der Waals surface area (Å²) in [6.07, 6.45) is 0.835. The lowest BCUT2D eigenvalue weighted by atomic mass is 10.4. The van der Waals surface area contributed by atoms with E-state index >= 15 is 0 Å². The molecule has 23 heavy (non-hydrogen) atoms. The number of rotatable bonds is 6. The topological polar surface area (TPSA) is 69.8 Å². The molecule has 2 aromatic rings. The highest BCUT2D eigenvalue weighted by Crippen LogP contribution is 2.10. The minimum Gasteiger partial charge on any atom is -0.273 e. The van der Waals surface area contributed by atoms with E-state index < -0.39 is 0 Å². The summed E-state index contributed by atoms with van der Waals surface area (Å²) in [5, 5.41) is 8.36. The Kier molecular flexibility index (Phi) is 5.76. The van der Waals surface area contributed by atoms with Gasteiger partial charge in [-0.15, -0.1) is 0 Å². The van der Waals surface area contributed by atoms with Crippen molar-refractivity contribution < 1.29 is 9.59 Å². The fourth-order valence-electron chi connectivity index (χ4n) is 2.40. The standard InChI is InChI=1S/C16H22N4O2S/c1-11-9-13(3)19(17-11)15(21)5-7-23-8-6-16(22)20-14(4)10-12(2)18-20/h9-10H,5-8H2,1-4H3. The van der Waals surface area contributed by atoms with Crippen molar-refractivity contribution in [2.24, 2.45) is 0 Å². The van der Waals surface area contributed by atoms with Crippen LogP contribution < -0.4 is 0 Å². The van der Waals surface area contributed by atoms with Gasteiger partial charge >= 0.3 is 0 Å². The lowest BCUT2D eigenvalue weighted by Gasteiger charge is -2.04. The molecule has 2 rings (SSSR count). The molecule has 0 bridgehead atoms. The molecule has 0 aromatic carbocycles. The van der Waals surface area contributed by atoms with Crippen LogP contribution in [-0.4, -0.2) is 42.9 Å². The molecule has 6 nitrogen and oxygen atoms in total. The van der Waals surface area contributed by atoms with Crippen LogP contribution >= 0.6 is 11.8 Å². The van der Waals surface area contributed by atoms with E-state index in [2.05, 4.69) is 10.2 Å². The van der Waals surface area contributed by atoms with Gasteiger partial charge in [0.25, 0.3) is 0 Å². The van der Waals surface area contributed by atoms with Crippen molar-refractivity contribution in [3.63, 3.8) is 0 Å². The molecule has 0 aliphatic rings. The molecule has 0 amide bonds. The normalized spacial score (nSPS) is 11.0. The molecule has 0 aliphatic carbocycles. The maximum Gasteiger partial charge on any atom is 0.247 e. The first-order valence-electron chi connectivity index (χ1n) is 7.59. The molecule has 0 spiro atoms. The number of thioether (sulfide) groups is 1. The first kappa shape index (κ1) is 17.5. The summed E-state index contributed by atoms with van der Waals surface area (Å²) in [7, 11) is 0. The molecule has 0 saturated carbocycles. The molecule has 0 aliphatic heterocycles. The van der Waals surface area contributed by atoms with Gasteiger partial charge in [0.2, 0.25) is 11.8 Å². The third-order valence-electron chi connectivity index (χ3n) is 3.41. The SMILES string of the molecule is Cc1cc(C)n(C(=O)CCSCCC(=O)n2nc(C)cc2C)n1. The van der Waals surface area contributed by atoms with Crippen molar-refractivity contribution in [2.45, 2.75) is 40.5 Å². The Hall–Kier alpha value is -1.89. The number of carbonyl (C=O) groups is 2. The average molecular weight is 334 g/mol. The van der Waals surface area contributed by atoms with E-state index in [0.29, 0.717) is 24.3 Å². The Morgan fingerprint density at radius 1 is 0.870 bits per heavy atom. The van der Waals surface area contributed by atoms with Crippen LogP contribution in [0, 0.1) is 27.7 Å². The van der Waals surface area contributed by atoms with Gasteiger partial charge in [0.15, 0.2) is 0 Å². The summed E-state index contributed by atoms with van der Waals surface area (Å²) < 4.78 is 2.91. The molecule has 0 N–H and O–H groups in total. The molecular weight excluding hydrogens is 312 g/mol. The highest BCUT2D eigenvalue weighted by molar-refractivity contribution is 7.99. The predicted octanol–water partition coefficient (Wildman–Crippen LogP) is 2.81. The van der Waals surface area contributed by atoms with E-state index in [-0.39, 0.29) is 11.8 Å². The van der Waals surface area contributed by atoms with E-state index in [0.717, 1.165) is 22.8 Å². The lowest BCUT2D eigenvalue weighted by Crippen LogP contribution is -2.16. The molecule has 2 aromatic heterocycles. The van der Waals surface area contributed by atoms with Crippen molar-refractivity contribution >= 4 is 23.6 Å². The number of aromatic nitrogens is 4. The molecule has 0 radical (unpaired) electrons. The molecule has 0 atom stereocenters. The Bertz CT molecular complexity index is 657. The van der Waals surface area contributed by atoms with Crippen LogP contribution in [0.25, 0.3) is 0 Å². The maximum atomic E-state index is 12.1. The molecular formula is C16H22N4O2S. The van der Waals surface area contributed by atoms with Crippen LogP contribution in [0.2, 0.25) is 0 Å². The molecule has 7 heteroatoms. The second-order valence-electron chi connectivity index (χ2n) is 5.58. The third kappa shape index (κ3) is 4.54. The van der Waals surface area contributed by atoms with E-state index in [1.54, 1.807) is 11.8 Å². The first-order valence-corrected chi connectivity index (χ1v) is 8.74. The van der Waals surface area contributed by atoms with Crippen molar-refractivity contribution in [2.75, 3.05) is 11.5 Å². The van der Waals surface area contributed by atoms with Gasteiger partial charge in [-0.05, 0) is 39.8 Å². The lowest BCUT2D eigenvalue weighted by molar-refractivity contribution is 0.0885. The number of hydrogen-bond donors (Lipinski definition) is 0.